The van der Waals surface area contributed by atoms with Crippen molar-refractivity contribution in [2.24, 2.45) is 7.05 Å². The zero-order valence-electron chi connectivity index (χ0n) is 15.2. The number of nitrogens with zero attached hydrogens (tertiary/aromatic N) is 4. The van der Waals surface area contributed by atoms with Gasteiger partial charge in [0.15, 0.2) is 0 Å². The second-order valence-corrected chi connectivity index (χ2v) is 8.15. The first-order chi connectivity index (χ1) is 13.5. The highest BCUT2D eigenvalue weighted by Gasteiger charge is 2.14. The summed E-state index contributed by atoms with van der Waals surface area (Å²) in [7, 11) is -1.86. The Labute approximate surface area is 161 Å². The quantitative estimate of drug-likeness (QED) is 0.534. The summed E-state index contributed by atoms with van der Waals surface area (Å²) in [5, 5.41) is 4.97. The molecule has 0 amide bonds. The van der Waals surface area contributed by atoms with E-state index in [0.29, 0.717) is 5.52 Å². The normalized spacial score (nSPS) is 11.9. The lowest BCUT2D eigenvalue weighted by molar-refractivity contribution is 0.570. The second kappa shape index (κ2) is 7.10. The molecule has 3 heterocycles. The van der Waals surface area contributed by atoms with E-state index in [1.165, 1.54) is 16.7 Å². The molecule has 0 spiro atoms. The second-order valence-electron chi connectivity index (χ2n) is 6.39. The zero-order valence-corrected chi connectivity index (χ0v) is 16.0. The minimum absolute atomic E-state index is 0.110. The first-order valence-electron chi connectivity index (χ1n) is 8.70. The van der Waals surface area contributed by atoms with Gasteiger partial charge in [0.05, 0.1) is 10.6 Å². The van der Waals surface area contributed by atoms with E-state index in [0.717, 1.165) is 11.1 Å². The molecule has 0 unspecified atom stereocenters. The average Bonchev–Trinajstić information content (AvgIpc) is 3.34. The van der Waals surface area contributed by atoms with Crippen LogP contribution < -0.4 is 10.3 Å². The van der Waals surface area contributed by atoms with Crippen molar-refractivity contribution in [1.29, 1.82) is 0 Å². The maximum absolute atomic E-state index is 12.5. The van der Waals surface area contributed by atoms with Crippen LogP contribution in [0.3, 0.4) is 0 Å². The highest BCUT2D eigenvalue weighted by Crippen LogP contribution is 2.13. The number of hydrogen-bond acceptors (Lipinski definition) is 4. The number of hydrogen-bond donors (Lipinski definition) is 1. The van der Waals surface area contributed by atoms with Gasteiger partial charge in [0, 0.05) is 50.3 Å². The van der Waals surface area contributed by atoms with Gasteiger partial charge in [0.1, 0.15) is 5.52 Å². The Hall–Kier alpha value is -3.17. The molecule has 1 N–H and O–H groups in total. The van der Waals surface area contributed by atoms with Crippen LogP contribution in [0.2, 0.25) is 0 Å². The number of benzene rings is 1. The molecular formula is C19H19N5O3S. The predicted octanol–water partition coefficient (Wildman–Crippen LogP) is 1.50. The van der Waals surface area contributed by atoms with Crippen molar-refractivity contribution in [3.8, 4) is 5.69 Å². The lowest BCUT2D eigenvalue weighted by Gasteiger charge is -2.10. The Balaban J connectivity index is 1.46. The number of sulfonamides is 1. The molecule has 144 valence electrons. The minimum atomic E-state index is -3.67. The van der Waals surface area contributed by atoms with Crippen LogP contribution in [0.25, 0.3) is 16.6 Å². The van der Waals surface area contributed by atoms with E-state index >= 15 is 0 Å². The molecule has 9 heteroatoms. The van der Waals surface area contributed by atoms with Gasteiger partial charge in [0.2, 0.25) is 10.0 Å². The van der Waals surface area contributed by atoms with Crippen LogP contribution in [0.15, 0.2) is 76.9 Å². The molecule has 0 aliphatic carbocycles. The van der Waals surface area contributed by atoms with Crippen molar-refractivity contribution in [3.63, 3.8) is 0 Å². The lowest BCUT2D eigenvalue weighted by Crippen LogP contribution is -2.31. The molecule has 3 aromatic heterocycles. The van der Waals surface area contributed by atoms with Crippen molar-refractivity contribution >= 4 is 20.9 Å². The highest BCUT2D eigenvalue weighted by atomic mass is 32.2. The number of pyridine rings is 1. The Bertz CT molecular complexity index is 1270. The van der Waals surface area contributed by atoms with Crippen molar-refractivity contribution in [1.82, 2.24) is 23.6 Å². The zero-order chi connectivity index (χ0) is 19.7. The van der Waals surface area contributed by atoms with Crippen LogP contribution in [0.1, 0.15) is 0 Å². The van der Waals surface area contributed by atoms with Crippen molar-refractivity contribution in [2.45, 2.75) is 11.4 Å². The monoisotopic (exact) mass is 397 g/mol. The molecule has 28 heavy (non-hydrogen) atoms. The molecule has 8 nitrogen and oxygen atoms in total. The number of aryl methyl sites for hydroxylation is 1. The highest BCUT2D eigenvalue weighted by molar-refractivity contribution is 7.89. The van der Waals surface area contributed by atoms with E-state index in [1.807, 2.05) is 25.4 Å². The first-order valence-corrected chi connectivity index (χ1v) is 10.2. The fourth-order valence-corrected chi connectivity index (χ4v) is 4.11. The summed E-state index contributed by atoms with van der Waals surface area (Å²) in [6.45, 7) is 0.351. The van der Waals surface area contributed by atoms with Gasteiger partial charge in [0.25, 0.3) is 5.56 Å². The first kappa shape index (κ1) is 18.2. The Morgan fingerprint density at radius 2 is 1.79 bits per heavy atom. The van der Waals surface area contributed by atoms with Crippen LogP contribution in [-0.4, -0.2) is 33.9 Å². The van der Waals surface area contributed by atoms with E-state index < -0.39 is 10.0 Å². The van der Waals surface area contributed by atoms with E-state index in [-0.39, 0.29) is 23.5 Å². The average molecular weight is 397 g/mol. The van der Waals surface area contributed by atoms with Gasteiger partial charge in [-0.3, -0.25) is 4.79 Å². The molecular weight excluding hydrogens is 378 g/mol. The van der Waals surface area contributed by atoms with Gasteiger partial charge < -0.3 is 9.13 Å². The summed E-state index contributed by atoms with van der Waals surface area (Å²) < 4.78 is 32.5. The third-order valence-corrected chi connectivity index (χ3v) is 6.04. The van der Waals surface area contributed by atoms with Crippen LogP contribution in [-0.2, 0) is 23.6 Å². The van der Waals surface area contributed by atoms with Crippen LogP contribution in [0, 0.1) is 0 Å². The summed E-state index contributed by atoms with van der Waals surface area (Å²) in [6.07, 6.45) is 6.94. The van der Waals surface area contributed by atoms with Crippen molar-refractivity contribution in [3.05, 3.63) is 77.6 Å². The van der Waals surface area contributed by atoms with Crippen LogP contribution in [0.5, 0.6) is 0 Å². The molecule has 4 rings (SSSR count). The molecule has 0 saturated carbocycles. The molecule has 0 radical (unpaired) electrons. The number of fused-ring (bicyclic) bond motifs is 1. The van der Waals surface area contributed by atoms with Gasteiger partial charge >= 0.3 is 0 Å². The number of nitrogens with one attached hydrogen (secondary N) is 1. The number of rotatable bonds is 6. The van der Waals surface area contributed by atoms with Crippen molar-refractivity contribution < 1.29 is 8.42 Å². The van der Waals surface area contributed by atoms with E-state index in [4.69, 9.17) is 0 Å². The Kier molecular flexibility index (Phi) is 4.62. The SMILES string of the molecule is Cn1ccc2ccn(CCNS(=O)(=O)c3ccc(-n4cccn4)cc3)c(=O)c21. The fraction of sp³-hybridized carbons (Fsp3) is 0.158. The molecule has 0 atom stereocenters. The molecule has 0 bridgehead atoms. The molecule has 4 aromatic rings. The maximum Gasteiger partial charge on any atom is 0.275 e. The van der Waals surface area contributed by atoms with E-state index in [2.05, 4.69) is 9.82 Å². The van der Waals surface area contributed by atoms with Crippen molar-refractivity contribution in [2.75, 3.05) is 6.54 Å². The van der Waals surface area contributed by atoms with Gasteiger partial charge in [-0.25, -0.2) is 17.8 Å². The molecule has 0 aliphatic rings. The van der Waals surface area contributed by atoms with Gasteiger partial charge in [-0.05, 0) is 42.5 Å². The molecule has 0 saturated heterocycles. The predicted molar refractivity (Wildman–Crippen MR) is 106 cm³/mol. The maximum atomic E-state index is 12.5. The lowest BCUT2D eigenvalue weighted by atomic mass is 10.3. The van der Waals surface area contributed by atoms with Gasteiger partial charge in [-0.2, -0.15) is 5.10 Å². The molecule has 0 fully saturated rings. The smallest absolute Gasteiger partial charge is 0.275 e. The summed E-state index contributed by atoms with van der Waals surface area (Å²) in [5.41, 5.74) is 1.22. The molecule has 1 aromatic carbocycles. The Morgan fingerprint density at radius 3 is 2.50 bits per heavy atom. The number of aromatic nitrogens is 4. The van der Waals surface area contributed by atoms with Crippen LogP contribution in [0.4, 0.5) is 0 Å². The molecule has 0 aliphatic heterocycles. The van der Waals surface area contributed by atoms with Crippen LogP contribution >= 0.6 is 0 Å². The topological polar surface area (TPSA) is 90.9 Å². The van der Waals surface area contributed by atoms with Gasteiger partial charge in [-0.1, -0.05) is 0 Å². The summed E-state index contributed by atoms with van der Waals surface area (Å²) in [5.74, 6) is 0. The minimum Gasteiger partial charge on any atom is -0.346 e. The summed E-state index contributed by atoms with van der Waals surface area (Å²) in [6, 6.07) is 11.9. The largest absolute Gasteiger partial charge is 0.346 e. The Morgan fingerprint density at radius 1 is 1.04 bits per heavy atom. The summed E-state index contributed by atoms with van der Waals surface area (Å²) in [4.78, 5) is 12.7. The standard InChI is InChI=1S/C19H19N5O3S/c1-22-12-7-15-8-13-23(19(25)18(15)22)14-10-21-28(26,27)17-5-3-16(4-6-17)24-11-2-9-20-24/h2-9,11-13,21H,10,14H2,1H3. The van der Waals surface area contributed by atoms with E-state index in [1.54, 1.807) is 46.0 Å². The summed E-state index contributed by atoms with van der Waals surface area (Å²) >= 11 is 0. The fourth-order valence-electron chi connectivity index (χ4n) is 3.09. The van der Waals surface area contributed by atoms with E-state index in [9.17, 15) is 13.2 Å². The third-order valence-electron chi connectivity index (χ3n) is 4.56. The van der Waals surface area contributed by atoms with Gasteiger partial charge in [-0.15, -0.1) is 0 Å². The third kappa shape index (κ3) is 3.37.